The molecule has 0 aromatic heterocycles. The van der Waals surface area contributed by atoms with Crippen LogP contribution < -0.4 is 5.32 Å². The molecule has 0 saturated heterocycles. The predicted molar refractivity (Wildman–Crippen MR) is 87.9 cm³/mol. The van der Waals surface area contributed by atoms with Gasteiger partial charge in [-0.2, -0.15) is 0 Å². The van der Waals surface area contributed by atoms with Gasteiger partial charge in [-0.1, -0.05) is 27.6 Å². The van der Waals surface area contributed by atoms with Crippen LogP contribution >= 0.6 is 31.9 Å². The van der Waals surface area contributed by atoms with E-state index in [2.05, 4.69) is 37.2 Å². The highest BCUT2D eigenvalue weighted by Gasteiger charge is 2.15. The summed E-state index contributed by atoms with van der Waals surface area (Å²) in [6, 6.07) is 10.1. The molecular formula is C15H11Br2NO3. The van der Waals surface area contributed by atoms with Gasteiger partial charge in [0.2, 0.25) is 0 Å². The normalized spacial score (nSPS) is 10.2. The lowest BCUT2D eigenvalue weighted by molar-refractivity contribution is 0.0698. The molecule has 0 aliphatic heterocycles. The molecule has 4 nitrogen and oxygen atoms in total. The molecule has 0 atom stereocenters. The minimum atomic E-state index is -1.08. The van der Waals surface area contributed by atoms with Crippen LogP contribution in [0.3, 0.4) is 0 Å². The van der Waals surface area contributed by atoms with Crippen molar-refractivity contribution in [3.05, 3.63) is 62.0 Å². The van der Waals surface area contributed by atoms with Crippen LogP contribution in [0.5, 0.6) is 0 Å². The van der Waals surface area contributed by atoms with Crippen LogP contribution in [0.25, 0.3) is 0 Å². The Kier molecular flexibility index (Phi) is 4.80. The largest absolute Gasteiger partial charge is 0.478 e. The summed E-state index contributed by atoms with van der Waals surface area (Å²) in [6.07, 6.45) is 0. The zero-order valence-electron chi connectivity index (χ0n) is 11.0. The number of carbonyl (C=O) groups excluding carboxylic acids is 1. The van der Waals surface area contributed by atoms with Gasteiger partial charge in [0, 0.05) is 8.95 Å². The number of carboxylic acid groups (broad SMARTS) is 1. The van der Waals surface area contributed by atoms with E-state index in [0.717, 1.165) is 10.0 Å². The highest BCUT2D eigenvalue weighted by molar-refractivity contribution is 9.11. The Bertz CT molecular complexity index is 729. The molecule has 6 heteroatoms. The van der Waals surface area contributed by atoms with Crippen molar-refractivity contribution >= 4 is 49.4 Å². The summed E-state index contributed by atoms with van der Waals surface area (Å²) >= 11 is 6.61. The number of carboxylic acids is 1. The molecule has 2 aromatic rings. The fourth-order valence-corrected chi connectivity index (χ4v) is 2.59. The molecule has 0 radical (unpaired) electrons. The number of benzene rings is 2. The molecule has 2 aromatic carbocycles. The van der Waals surface area contributed by atoms with Crippen LogP contribution in [0.2, 0.25) is 0 Å². The van der Waals surface area contributed by atoms with Crippen molar-refractivity contribution in [2.24, 2.45) is 0 Å². The first kappa shape index (κ1) is 15.7. The molecule has 0 saturated carbocycles. The third-order valence-electron chi connectivity index (χ3n) is 2.83. The lowest BCUT2D eigenvalue weighted by Gasteiger charge is -2.10. The maximum absolute atomic E-state index is 12.3. The molecule has 0 aliphatic rings. The van der Waals surface area contributed by atoms with E-state index in [0.29, 0.717) is 10.0 Å². The smallest absolute Gasteiger partial charge is 0.337 e. The average Bonchev–Trinajstić information content (AvgIpc) is 2.43. The third-order valence-corrected chi connectivity index (χ3v) is 4.01. The first-order valence-corrected chi connectivity index (χ1v) is 7.57. The average molecular weight is 413 g/mol. The van der Waals surface area contributed by atoms with E-state index >= 15 is 0 Å². The molecule has 21 heavy (non-hydrogen) atoms. The molecule has 0 unspecified atom stereocenters. The highest BCUT2D eigenvalue weighted by Crippen LogP contribution is 2.24. The quantitative estimate of drug-likeness (QED) is 0.781. The minimum Gasteiger partial charge on any atom is -0.478 e. The number of halogens is 2. The Morgan fingerprint density at radius 2 is 1.76 bits per heavy atom. The van der Waals surface area contributed by atoms with Gasteiger partial charge in [-0.3, -0.25) is 4.79 Å². The number of hydrogen-bond acceptors (Lipinski definition) is 2. The maximum Gasteiger partial charge on any atom is 0.337 e. The zero-order chi connectivity index (χ0) is 15.6. The first-order valence-electron chi connectivity index (χ1n) is 5.99. The second-order valence-corrected chi connectivity index (χ2v) is 6.20. The van der Waals surface area contributed by atoms with Gasteiger partial charge in [-0.25, -0.2) is 4.79 Å². The number of anilines is 1. The van der Waals surface area contributed by atoms with E-state index in [-0.39, 0.29) is 17.2 Å². The van der Waals surface area contributed by atoms with Crippen LogP contribution in [0.4, 0.5) is 5.69 Å². The second-order valence-electron chi connectivity index (χ2n) is 4.43. The summed E-state index contributed by atoms with van der Waals surface area (Å²) in [6.45, 7) is 1.79. The summed E-state index contributed by atoms with van der Waals surface area (Å²) in [5.74, 6) is -1.46. The predicted octanol–water partition coefficient (Wildman–Crippen LogP) is 4.47. The van der Waals surface area contributed by atoms with E-state index < -0.39 is 5.97 Å². The van der Waals surface area contributed by atoms with E-state index in [9.17, 15) is 14.7 Å². The van der Waals surface area contributed by atoms with Crippen LogP contribution in [0.1, 0.15) is 26.3 Å². The SMILES string of the molecule is Cc1ccc(NC(=O)c2cc(Br)ccc2Br)c(C(=O)O)c1. The molecule has 1 amide bonds. The molecule has 0 aliphatic carbocycles. The molecule has 108 valence electrons. The molecule has 0 fully saturated rings. The Morgan fingerprint density at radius 1 is 1.05 bits per heavy atom. The van der Waals surface area contributed by atoms with Crippen LogP contribution in [-0.4, -0.2) is 17.0 Å². The van der Waals surface area contributed by atoms with Gasteiger partial charge < -0.3 is 10.4 Å². The fraction of sp³-hybridized carbons (Fsp3) is 0.0667. The van der Waals surface area contributed by atoms with Crippen molar-refractivity contribution in [2.75, 3.05) is 5.32 Å². The second kappa shape index (κ2) is 6.41. The topological polar surface area (TPSA) is 66.4 Å². The van der Waals surface area contributed by atoms with Gasteiger partial charge in [0.15, 0.2) is 0 Å². The third kappa shape index (κ3) is 3.71. The zero-order valence-corrected chi connectivity index (χ0v) is 14.2. The Labute approximate surface area is 138 Å². The standard InChI is InChI=1S/C15H11Br2NO3/c1-8-2-5-13(11(6-8)15(20)21)18-14(19)10-7-9(16)3-4-12(10)17/h2-7H,1H3,(H,18,19)(H,20,21). The molecule has 0 spiro atoms. The van der Waals surface area contributed by atoms with Gasteiger partial charge in [-0.05, 0) is 53.2 Å². The molecule has 2 rings (SSSR count). The lowest BCUT2D eigenvalue weighted by Crippen LogP contribution is -2.15. The lowest BCUT2D eigenvalue weighted by atomic mass is 10.1. The number of hydrogen-bond donors (Lipinski definition) is 2. The van der Waals surface area contributed by atoms with Crippen molar-refractivity contribution in [1.82, 2.24) is 0 Å². The summed E-state index contributed by atoms with van der Waals surface area (Å²) in [5.41, 5.74) is 1.56. The monoisotopic (exact) mass is 411 g/mol. The molecule has 0 bridgehead atoms. The summed E-state index contributed by atoms with van der Waals surface area (Å²) < 4.78 is 1.39. The Hall–Kier alpha value is -1.66. The van der Waals surface area contributed by atoms with Gasteiger partial charge >= 0.3 is 5.97 Å². The summed E-state index contributed by atoms with van der Waals surface area (Å²) in [7, 11) is 0. The number of carbonyl (C=O) groups is 2. The van der Waals surface area contributed by atoms with Crippen LogP contribution in [0, 0.1) is 6.92 Å². The van der Waals surface area contributed by atoms with Crippen molar-refractivity contribution in [2.45, 2.75) is 6.92 Å². The van der Waals surface area contributed by atoms with Gasteiger partial charge in [0.05, 0.1) is 16.8 Å². The number of aryl methyl sites for hydroxylation is 1. The Balaban J connectivity index is 2.36. The minimum absolute atomic E-state index is 0.0643. The van der Waals surface area contributed by atoms with Gasteiger partial charge in [0.1, 0.15) is 0 Å². The van der Waals surface area contributed by atoms with Gasteiger partial charge in [-0.15, -0.1) is 0 Å². The van der Waals surface area contributed by atoms with E-state index in [1.165, 1.54) is 6.07 Å². The molecule has 0 heterocycles. The summed E-state index contributed by atoms with van der Waals surface area (Å²) in [4.78, 5) is 23.5. The molecule has 2 N–H and O–H groups in total. The maximum atomic E-state index is 12.3. The number of rotatable bonds is 3. The fourth-order valence-electron chi connectivity index (χ4n) is 1.81. The van der Waals surface area contributed by atoms with Crippen molar-refractivity contribution in [1.29, 1.82) is 0 Å². The summed E-state index contributed by atoms with van der Waals surface area (Å²) in [5, 5.41) is 11.8. The number of aromatic carboxylic acids is 1. The first-order chi connectivity index (χ1) is 9.88. The van der Waals surface area contributed by atoms with E-state index in [4.69, 9.17) is 0 Å². The molecular weight excluding hydrogens is 402 g/mol. The number of amides is 1. The van der Waals surface area contributed by atoms with Gasteiger partial charge in [0.25, 0.3) is 5.91 Å². The van der Waals surface area contributed by atoms with Crippen molar-refractivity contribution in [3.8, 4) is 0 Å². The Morgan fingerprint density at radius 3 is 2.43 bits per heavy atom. The van der Waals surface area contributed by atoms with Crippen molar-refractivity contribution in [3.63, 3.8) is 0 Å². The van der Waals surface area contributed by atoms with E-state index in [1.54, 1.807) is 37.3 Å². The van der Waals surface area contributed by atoms with Crippen LogP contribution in [-0.2, 0) is 0 Å². The van der Waals surface area contributed by atoms with E-state index in [1.807, 2.05) is 0 Å². The van der Waals surface area contributed by atoms with Crippen molar-refractivity contribution < 1.29 is 14.7 Å². The van der Waals surface area contributed by atoms with Crippen LogP contribution in [0.15, 0.2) is 45.3 Å². The number of nitrogens with one attached hydrogen (secondary N) is 1. The highest BCUT2D eigenvalue weighted by atomic mass is 79.9.